The number of benzene rings is 2. The lowest BCUT2D eigenvalue weighted by atomic mass is 10.0. The minimum atomic E-state index is -0.366. The SMILES string of the molecule is Cc1ccc(C(C)C)cc1OCC(=O)NCc1ccc(-n2ccnc2C)c(F)c1. The van der Waals surface area contributed by atoms with Crippen molar-refractivity contribution in [2.24, 2.45) is 0 Å². The van der Waals surface area contributed by atoms with Gasteiger partial charge in [0, 0.05) is 18.9 Å². The molecule has 6 heteroatoms. The molecule has 0 aliphatic rings. The third kappa shape index (κ3) is 5.02. The van der Waals surface area contributed by atoms with Gasteiger partial charge in [-0.3, -0.25) is 4.79 Å². The summed E-state index contributed by atoms with van der Waals surface area (Å²) in [4.78, 5) is 16.3. The van der Waals surface area contributed by atoms with E-state index in [1.165, 1.54) is 6.07 Å². The molecule has 5 nitrogen and oxygen atoms in total. The minimum absolute atomic E-state index is 0.0861. The fourth-order valence-corrected chi connectivity index (χ4v) is 3.01. The van der Waals surface area contributed by atoms with E-state index in [2.05, 4.69) is 30.2 Å². The number of carbonyl (C=O) groups is 1. The fourth-order valence-electron chi connectivity index (χ4n) is 3.01. The summed E-state index contributed by atoms with van der Waals surface area (Å²) in [6, 6.07) is 10.9. The molecule has 0 spiro atoms. The number of carbonyl (C=O) groups excluding carboxylic acids is 1. The fraction of sp³-hybridized carbons (Fsp3) is 0.304. The molecule has 1 heterocycles. The highest BCUT2D eigenvalue weighted by Gasteiger charge is 2.10. The molecular weight excluding hydrogens is 369 g/mol. The van der Waals surface area contributed by atoms with Crippen LogP contribution in [-0.4, -0.2) is 22.1 Å². The largest absolute Gasteiger partial charge is 0.483 e. The van der Waals surface area contributed by atoms with Crippen LogP contribution in [0.4, 0.5) is 4.39 Å². The highest BCUT2D eigenvalue weighted by atomic mass is 19.1. The van der Waals surface area contributed by atoms with Crippen LogP contribution in [0.25, 0.3) is 5.69 Å². The van der Waals surface area contributed by atoms with Crippen molar-refractivity contribution in [3.63, 3.8) is 0 Å². The Labute approximate surface area is 170 Å². The van der Waals surface area contributed by atoms with E-state index >= 15 is 0 Å². The van der Waals surface area contributed by atoms with E-state index < -0.39 is 0 Å². The molecule has 29 heavy (non-hydrogen) atoms. The number of aromatic nitrogens is 2. The van der Waals surface area contributed by atoms with Gasteiger partial charge in [-0.05, 0) is 54.7 Å². The van der Waals surface area contributed by atoms with Crippen LogP contribution in [0, 0.1) is 19.7 Å². The minimum Gasteiger partial charge on any atom is -0.483 e. The smallest absolute Gasteiger partial charge is 0.258 e. The lowest BCUT2D eigenvalue weighted by Crippen LogP contribution is -2.28. The third-order valence-corrected chi connectivity index (χ3v) is 4.82. The van der Waals surface area contributed by atoms with Gasteiger partial charge in [0.25, 0.3) is 5.91 Å². The summed E-state index contributed by atoms with van der Waals surface area (Å²) in [5, 5.41) is 2.77. The highest BCUT2D eigenvalue weighted by Crippen LogP contribution is 2.24. The second-order valence-electron chi connectivity index (χ2n) is 7.38. The summed E-state index contributed by atoms with van der Waals surface area (Å²) >= 11 is 0. The zero-order valence-electron chi connectivity index (χ0n) is 17.2. The number of ether oxygens (including phenoxy) is 1. The standard InChI is InChI=1S/C23H26FN3O2/c1-15(2)19-7-5-16(3)22(12-19)29-14-23(28)26-13-18-6-8-21(20(24)11-18)27-10-9-25-17(27)4/h5-12,15H,13-14H2,1-4H3,(H,26,28). The number of rotatable bonds is 7. The zero-order chi connectivity index (χ0) is 21.0. The lowest BCUT2D eigenvalue weighted by Gasteiger charge is -2.13. The Kier molecular flexibility index (Phi) is 6.32. The molecule has 0 radical (unpaired) electrons. The van der Waals surface area contributed by atoms with Crippen LogP contribution in [0.15, 0.2) is 48.8 Å². The Morgan fingerprint density at radius 2 is 2.00 bits per heavy atom. The van der Waals surface area contributed by atoms with Crippen LogP contribution in [0.5, 0.6) is 5.75 Å². The second kappa shape index (κ2) is 8.90. The molecule has 0 atom stereocenters. The van der Waals surface area contributed by atoms with Gasteiger partial charge in [0.2, 0.25) is 0 Å². The number of hydrogen-bond acceptors (Lipinski definition) is 3. The molecule has 3 rings (SSSR count). The van der Waals surface area contributed by atoms with E-state index in [0.717, 1.165) is 11.1 Å². The van der Waals surface area contributed by atoms with Gasteiger partial charge in [-0.1, -0.05) is 32.0 Å². The van der Waals surface area contributed by atoms with E-state index in [-0.39, 0.29) is 24.9 Å². The highest BCUT2D eigenvalue weighted by molar-refractivity contribution is 5.77. The average molecular weight is 395 g/mol. The van der Waals surface area contributed by atoms with Crippen LogP contribution < -0.4 is 10.1 Å². The van der Waals surface area contributed by atoms with E-state index in [4.69, 9.17) is 4.74 Å². The molecule has 1 amide bonds. The van der Waals surface area contributed by atoms with Crippen LogP contribution in [0.3, 0.4) is 0 Å². The van der Waals surface area contributed by atoms with Crippen molar-refractivity contribution < 1.29 is 13.9 Å². The monoisotopic (exact) mass is 395 g/mol. The first-order chi connectivity index (χ1) is 13.8. The van der Waals surface area contributed by atoms with Gasteiger partial charge in [-0.15, -0.1) is 0 Å². The first-order valence-electron chi connectivity index (χ1n) is 9.64. The molecular formula is C23H26FN3O2. The van der Waals surface area contributed by atoms with E-state index in [1.807, 2.05) is 26.0 Å². The lowest BCUT2D eigenvalue weighted by molar-refractivity contribution is -0.123. The number of nitrogens with zero attached hydrogens (tertiary/aromatic N) is 2. The van der Waals surface area contributed by atoms with Crippen molar-refractivity contribution in [2.45, 2.75) is 40.2 Å². The van der Waals surface area contributed by atoms with E-state index in [9.17, 15) is 9.18 Å². The Hall–Kier alpha value is -3.15. The first kappa shape index (κ1) is 20.6. The zero-order valence-corrected chi connectivity index (χ0v) is 17.2. The molecule has 0 aliphatic carbocycles. The first-order valence-corrected chi connectivity index (χ1v) is 9.64. The predicted molar refractivity (Wildman–Crippen MR) is 111 cm³/mol. The number of halogens is 1. The number of imidazole rings is 1. The van der Waals surface area contributed by atoms with Crippen LogP contribution >= 0.6 is 0 Å². The van der Waals surface area contributed by atoms with Crippen molar-refractivity contribution in [3.05, 3.63) is 77.1 Å². The third-order valence-electron chi connectivity index (χ3n) is 4.82. The van der Waals surface area contributed by atoms with Crippen molar-refractivity contribution in [1.29, 1.82) is 0 Å². The molecule has 0 saturated heterocycles. The van der Waals surface area contributed by atoms with Crippen molar-refractivity contribution in [1.82, 2.24) is 14.9 Å². The van der Waals surface area contributed by atoms with Gasteiger partial charge < -0.3 is 14.6 Å². The van der Waals surface area contributed by atoms with Crippen LogP contribution in [0.2, 0.25) is 0 Å². The van der Waals surface area contributed by atoms with Gasteiger partial charge in [0.15, 0.2) is 6.61 Å². The number of nitrogens with one attached hydrogen (secondary N) is 1. The van der Waals surface area contributed by atoms with Gasteiger partial charge in [-0.25, -0.2) is 9.37 Å². The maximum atomic E-state index is 14.4. The van der Waals surface area contributed by atoms with E-state index in [1.54, 1.807) is 29.1 Å². The molecule has 3 aromatic rings. The van der Waals surface area contributed by atoms with Crippen LogP contribution in [-0.2, 0) is 11.3 Å². The predicted octanol–water partition coefficient (Wildman–Crippen LogP) is 4.45. The Morgan fingerprint density at radius 1 is 1.21 bits per heavy atom. The number of amides is 1. The molecule has 0 unspecified atom stereocenters. The molecule has 0 fully saturated rings. The second-order valence-corrected chi connectivity index (χ2v) is 7.38. The Bertz CT molecular complexity index is 1010. The number of aryl methyl sites for hydroxylation is 2. The topological polar surface area (TPSA) is 56.1 Å². The number of hydrogen-bond donors (Lipinski definition) is 1. The summed E-state index contributed by atoms with van der Waals surface area (Å²) in [6.07, 6.45) is 3.34. The van der Waals surface area contributed by atoms with Gasteiger partial charge >= 0.3 is 0 Å². The molecule has 152 valence electrons. The van der Waals surface area contributed by atoms with Crippen molar-refractivity contribution >= 4 is 5.91 Å². The molecule has 0 bridgehead atoms. The maximum absolute atomic E-state index is 14.4. The van der Waals surface area contributed by atoms with Gasteiger partial charge in [0.1, 0.15) is 17.4 Å². The Morgan fingerprint density at radius 3 is 2.66 bits per heavy atom. The normalized spacial score (nSPS) is 11.0. The molecule has 0 saturated carbocycles. The van der Waals surface area contributed by atoms with Crippen molar-refractivity contribution in [3.8, 4) is 11.4 Å². The van der Waals surface area contributed by atoms with Crippen LogP contribution in [0.1, 0.15) is 42.3 Å². The summed E-state index contributed by atoms with van der Waals surface area (Å²) in [5.74, 6) is 1.18. The molecule has 1 aromatic heterocycles. The quantitative estimate of drug-likeness (QED) is 0.643. The van der Waals surface area contributed by atoms with Gasteiger partial charge in [0.05, 0.1) is 5.69 Å². The summed E-state index contributed by atoms with van der Waals surface area (Å²) in [6.45, 7) is 8.12. The van der Waals surface area contributed by atoms with Crippen molar-refractivity contribution in [2.75, 3.05) is 6.61 Å². The summed E-state index contributed by atoms with van der Waals surface area (Å²) in [7, 11) is 0. The molecule has 0 aliphatic heterocycles. The van der Waals surface area contributed by atoms with Gasteiger partial charge in [-0.2, -0.15) is 0 Å². The average Bonchev–Trinajstić information content (AvgIpc) is 3.11. The summed E-state index contributed by atoms with van der Waals surface area (Å²) < 4.78 is 21.8. The molecule has 1 N–H and O–H groups in total. The maximum Gasteiger partial charge on any atom is 0.258 e. The Balaban J connectivity index is 1.57. The van der Waals surface area contributed by atoms with E-state index in [0.29, 0.717) is 28.7 Å². The molecule has 2 aromatic carbocycles. The summed E-state index contributed by atoms with van der Waals surface area (Å²) in [5.41, 5.74) is 3.25.